The van der Waals surface area contributed by atoms with Gasteiger partial charge < -0.3 is 4.90 Å². The van der Waals surface area contributed by atoms with Crippen molar-refractivity contribution in [2.45, 2.75) is 31.6 Å². The summed E-state index contributed by atoms with van der Waals surface area (Å²) in [7, 11) is 0. The molecule has 150 valence electrons. The zero-order valence-electron chi connectivity index (χ0n) is 16.6. The van der Waals surface area contributed by atoms with Gasteiger partial charge in [0, 0.05) is 37.1 Å². The molecule has 1 aromatic heterocycles. The quantitative estimate of drug-likeness (QED) is 0.660. The lowest BCUT2D eigenvalue weighted by molar-refractivity contribution is -0.131. The van der Waals surface area contributed by atoms with E-state index in [1.165, 1.54) is 11.1 Å². The van der Waals surface area contributed by atoms with Gasteiger partial charge in [0.1, 0.15) is 0 Å². The highest BCUT2D eigenvalue weighted by Gasteiger charge is 2.22. The number of para-hydroxylation sites is 1. The number of nitrogens with zero attached hydrogens (tertiary/aromatic N) is 3. The molecule has 1 atom stereocenters. The van der Waals surface area contributed by atoms with Crippen LogP contribution in [0.4, 0.5) is 0 Å². The molecule has 6 heteroatoms. The monoisotopic (exact) mass is 407 g/mol. The fourth-order valence-corrected chi connectivity index (χ4v) is 5.18. The SMILES string of the molecule is Cc1ccccc1C1CCN(C(=O)CCn2cnc3ccccc3c2=O)CCS1. The van der Waals surface area contributed by atoms with E-state index < -0.39 is 0 Å². The van der Waals surface area contributed by atoms with Crippen LogP contribution >= 0.6 is 11.8 Å². The van der Waals surface area contributed by atoms with Crippen LogP contribution in [0, 0.1) is 6.92 Å². The van der Waals surface area contributed by atoms with Gasteiger partial charge in [-0.1, -0.05) is 36.4 Å². The molecule has 0 aliphatic carbocycles. The molecule has 1 saturated heterocycles. The summed E-state index contributed by atoms with van der Waals surface area (Å²) in [5.41, 5.74) is 3.29. The number of aryl methyl sites for hydroxylation is 2. The fourth-order valence-electron chi connectivity index (χ4n) is 3.86. The number of fused-ring (bicyclic) bond motifs is 1. The molecule has 2 heterocycles. The summed E-state index contributed by atoms with van der Waals surface area (Å²) in [6.45, 7) is 4.03. The van der Waals surface area contributed by atoms with Crippen molar-refractivity contribution in [1.29, 1.82) is 0 Å². The second-order valence-electron chi connectivity index (χ2n) is 7.40. The molecule has 29 heavy (non-hydrogen) atoms. The number of hydrogen-bond acceptors (Lipinski definition) is 4. The Hall–Kier alpha value is -2.60. The number of amides is 1. The first-order chi connectivity index (χ1) is 14.1. The third-order valence-electron chi connectivity index (χ3n) is 5.53. The molecule has 0 N–H and O–H groups in total. The predicted molar refractivity (Wildman–Crippen MR) is 118 cm³/mol. The van der Waals surface area contributed by atoms with E-state index in [0.717, 1.165) is 25.3 Å². The molecular formula is C23H25N3O2S. The van der Waals surface area contributed by atoms with Crippen molar-refractivity contribution < 1.29 is 4.79 Å². The number of hydrogen-bond donors (Lipinski definition) is 0. The summed E-state index contributed by atoms with van der Waals surface area (Å²) in [6.07, 6.45) is 2.82. The minimum absolute atomic E-state index is 0.0885. The summed E-state index contributed by atoms with van der Waals surface area (Å²) >= 11 is 1.93. The molecule has 3 aromatic rings. The van der Waals surface area contributed by atoms with E-state index in [1.807, 2.05) is 34.9 Å². The van der Waals surface area contributed by atoms with Gasteiger partial charge in [0.15, 0.2) is 0 Å². The molecule has 1 aliphatic heterocycles. The van der Waals surface area contributed by atoms with Crippen molar-refractivity contribution in [2.24, 2.45) is 0 Å². The Morgan fingerprint density at radius 1 is 1.14 bits per heavy atom. The van der Waals surface area contributed by atoms with Gasteiger partial charge in [0.2, 0.25) is 5.91 Å². The van der Waals surface area contributed by atoms with Crippen LogP contribution < -0.4 is 5.56 Å². The molecule has 0 saturated carbocycles. The Bertz CT molecular complexity index is 1080. The Balaban J connectivity index is 1.39. The zero-order chi connectivity index (χ0) is 20.2. The van der Waals surface area contributed by atoms with E-state index in [1.54, 1.807) is 17.0 Å². The first-order valence-electron chi connectivity index (χ1n) is 10.0. The summed E-state index contributed by atoms with van der Waals surface area (Å²) in [5.74, 6) is 1.04. The molecule has 4 rings (SSSR count). The Kier molecular flexibility index (Phi) is 6.00. The van der Waals surface area contributed by atoms with E-state index in [4.69, 9.17) is 0 Å². The van der Waals surface area contributed by atoms with Gasteiger partial charge in [0.25, 0.3) is 5.56 Å². The maximum Gasteiger partial charge on any atom is 0.261 e. The molecular weight excluding hydrogens is 382 g/mol. The number of aromatic nitrogens is 2. The van der Waals surface area contributed by atoms with Gasteiger partial charge in [-0.3, -0.25) is 14.2 Å². The van der Waals surface area contributed by atoms with Gasteiger partial charge in [-0.05, 0) is 36.6 Å². The van der Waals surface area contributed by atoms with Crippen LogP contribution in [-0.2, 0) is 11.3 Å². The summed E-state index contributed by atoms with van der Waals surface area (Å²) in [6, 6.07) is 15.8. The molecule has 2 aromatic carbocycles. The van der Waals surface area contributed by atoms with Crippen molar-refractivity contribution in [3.05, 3.63) is 76.3 Å². The first-order valence-corrected chi connectivity index (χ1v) is 11.1. The van der Waals surface area contributed by atoms with Gasteiger partial charge in [0.05, 0.1) is 17.2 Å². The molecule has 1 fully saturated rings. The van der Waals surface area contributed by atoms with Gasteiger partial charge in [-0.2, -0.15) is 11.8 Å². The normalized spacial score (nSPS) is 17.3. The molecule has 0 bridgehead atoms. The number of thioether (sulfide) groups is 1. The lowest BCUT2D eigenvalue weighted by Crippen LogP contribution is -2.34. The van der Waals surface area contributed by atoms with Crippen LogP contribution in [-0.4, -0.2) is 39.2 Å². The smallest absolute Gasteiger partial charge is 0.261 e. The second-order valence-corrected chi connectivity index (χ2v) is 8.71. The van der Waals surface area contributed by atoms with Crippen LogP contribution in [0.5, 0.6) is 0 Å². The van der Waals surface area contributed by atoms with Crippen molar-refractivity contribution in [2.75, 3.05) is 18.8 Å². The Morgan fingerprint density at radius 2 is 1.93 bits per heavy atom. The average Bonchev–Trinajstić information content (AvgIpc) is 3.00. The van der Waals surface area contributed by atoms with Crippen LogP contribution in [0.15, 0.2) is 59.7 Å². The predicted octanol–water partition coefficient (Wildman–Crippen LogP) is 3.80. The Morgan fingerprint density at radius 3 is 2.79 bits per heavy atom. The summed E-state index contributed by atoms with van der Waals surface area (Å²) in [4.78, 5) is 31.7. The molecule has 0 spiro atoms. The standard InChI is InChI=1S/C23H25N3O2S/c1-17-6-2-3-7-18(17)21-10-12-25(14-15-29-21)22(27)11-13-26-16-24-20-9-5-4-8-19(20)23(26)28/h2-9,16,21H,10-15H2,1H3. The maximum absolute atomic E-state index is 12.8. The average molecular weight is 408 g/mol. The van der Waals surface area contributed by atoms with Gasteiger partial charge >= 0.3 is 0 Å². The van der Waals surface area contributed by atoms with Crippen molar-refractivity contribution in [1.82, 2.24) is 14.5 Å². The molecule has 5 nitrogen and oxygen atoms in total. The third-order valence-corrected chi connectivity index (χ3v) is 6.84. The van der Waals surface area contributed by atoms with Gasteiger partial charge in [-0.25, -0.2) is 4.98 Å². The van der Waals surface area contributed by atoms with Crippen LogP contribution in [0.25, 0.3) is 10.9 Å². The summed E-state index contributed by atoms with van der Waals surface area (Å²) in [5, 5.41) is 1.02. The third kappa shape index (κ3) is 4.37. The maximum atomic E-state index is 12.8. The molecule has 1 aliphatic rings. The van der Waals surface area contributed by atoms with E-state index in [9.17, 15) is 9.59 Å². The van der Waals surface area contributed by atoms with Crippen molar-refractivity contribution >= 4 is 28.6 Å². The zero-order valence-corrected chi connectivity index (χ0v) is 17.4. The minimum atomic E-state index is -0.0885. The van der Waals surface area contributed by atoms with Crippen LogP contribution in [0.2, 0.25) is 0 Å². The second kappa shape index (κ2) is 8.82. The topological polar surface area (TPSA) is 55.2 Å². The molecule has 1 amide bonds. The highest BCUT2D eigenvalue weighted by Crippen LogP contribution is 2.35. The van der Waals surface area contributed by atoms with Gasteiger partial charge in [-0.15, -0.1) is 0 Å². The summed E-state index contributed by atoms with van der Waals surface area (Å²) < 4.78 is 1.54. The van der Waals surface area contributed by atoms with Crippen LogP contribution in [0.3, 0.4) is 0 Å². The molecule has 1 unspecified atom stereocenters. The van der Waals surface area contributed by atoms with E-state index in [2.05, 4.69) is 36.2 Å². The van der Waals surface area contributed by atoms with E-state index in [-0.39, 0.29) is 11.5 Å². The minimum Gasteiger partial charge on any atom is -0.342 e. The number of carbonyl (C=O) groups is 1. The highest BCUT2D eigenvalue weighted by atomic mass is 32.2. The van der Waals surface area contributed by atoms with Crippen molar-refractivity contribution in [3.63, 3.8) is 0 Å². The lowest BCUT2D eigenvalue weighted by Gasteiger charge is -2.21. The van der Waals surface area contributed by atoms with Crippen LogP contribution in [0.1, 0.15) is 29.2 Å². The number of rotatable bonds is 4. The van der Waals surface area contributed by atoms with Crippen molar-refractivity contribution in [3.8, 4) is 0 Å². The lowest BCUT2D eigenvalue weighted by atomic mass is 10.0. The van der Waals surface area contributed by atoms with E-state index >= 15 is 0 Å². The first kappa shape index (κ1) is 19.7. The number of carbonyl (C=O) groups excluding carboxylic acids is 1. The molecule has 0 radical (unpaired) electrons. The highest BCUT2D eigenvalue weighted by molar-refractivity contribution is 7.99. The number of benzene rings is 2. The largest absolute Gasteiger partial charge is 0.342 e. The fraction of sp³-hybridized carbons (Fsp3) is 0.348. The Labute approximate surface area is 174 Å². The van der Waals surface area contributed by atoms with E-state index in [0.29, 0.717) is 29.1 Å².